The first kappa shape index (κ1) is 21.8. The molecule has 0 saturated carbocycles. The second-order valence-electron chi connectivity index (χ2n) is 7.49. The number of hydrogen-bond acceptors (Lipinski definition) is 3. The lowest BCUT2D eigenvalue weighted by molar-refractivity contribution is -0.142. The number of rotatable bonds is 8. The summed E-state index contributed by atoms with van der Waals surface area (Å²) in [6.07, 6.45) is 0.848. The van der Waals surface area contributed by atoms with Gasteiger partial charge in [-0.1, -0.05) is 66.7 Å². The molecule has 0 unspecified atom stereocenters. The van der Waals surface area contributed by atoms with Gasteiger partial charge in [0, 0.05) is 0 Å². The topological polar surface area (TPSA) is 35.5 Å². The van der Waals surface area contributed by atoms with Crippen LogP contribution in [-0.4, -0.2) is 19.7 Å². The number of hydrogen-bond donors (Lipinski definition) is 0. The summed E-state index contributed by atoms with van der Waals surface area (Å²) in [7, 11) is -0.624. The van der Waals surface area contributed by atoms with Crippen LogP contribution in [0.5, 0.6) is 5.75 Å². The van der Waals surface area contributed by atoms with Crippen molar-refractivity contribution in [1.29, 1.82) is 0 Å². The average Bonchev–Trinajstić information content (AvgIpc) is 2.87. The first-order valence-electron chi connectivity index (χ1n) is 10.6. The highest BCUT2D eigenvalue weighted by molar-refractivity contribution is 7.95. The Morgan fingerprint density at radius 3 is 1.66 bits per heavy atom. The van der Waals surface area contributed by atoms with Crippen LogP contribution in [0.1, 0.15) is 5.56 Å². The minimum atomic E-state index is -1.99. The van der Waals surface area contributed by atoms with E-state index in [4.69, 9.17) is 9.47 Å². The van der Waals surface area contributed by atoms with Gasteiger partial charge in [0.2, 0.25) is 0 Å². The van der Waals surface area contributed by atoms with Crippen LogP contribution in [0.3, 0.4) is 0 Å². The van der Waals surface area contributed by atoms with Gasteiger partial charge in [0.15, 0.2) is 6.61 Å². The van der Waals surface area contributed by atoms with Crippen LogP contribution >= 0.6 is 7.26 Å². The molecule has 160 valence electrons. The highest BCUT2D eigenvalue weighted by atomic mass is 31.2. The van der Waals surface area contributed by atoms with Crippen molar-refractivity contribution in [1.82, 2.24) is 0 Å². The molecule has 3 nitrogen and oxygen atoms in total. The van der Waals surface area contributed by atoms with Crippen molar-refractivity contribution < 1.29 is 14.3 Å². The van der Waals surface area contributed by atoms with Gasteiger partial charge in [-0.2, -0.15) is 0 Å². The lowest BCUT2D eigenvalue weighted by Crippen LogP contribution is -2.32. The van der Waals surface area contributed by atoms with Gasteiger partial charge in [-0.15, -0.1) is 0 Å². The second kappa shape index (κ2) is 10.3. The van der Waals surface area contributed by atoms with Crippen molar-refractivity contribution in [2.45, 2.75) is 6.16 Å². The van der Waals surface area contributed by atoms with E-state index in [0.717, 1.165) is 11.7 Å². The third kappa shape index (κ3) is 4.74. The van der Waals surface area contributed by atoms with Gasteiger partial charge in [-0.25, -0.2) is 4.79 Å². The SMILES string of the molecule is COC(=O)COc1cccc(C[P+](c2ccccc2)(c2ccccc2)c2ccccc2)c1. The molecular weight excluding hydrogens is 415 g/mol. The minimum absolute atomic E-state index is 0.101. The number of carbonyl (C=O) groups is 1. The normalized spacial score (nSPS) is 11.0. The maximum atomic E-state index is 11.5. The molecule has 0 saturated heterocycles. The maximum absolute atomic E-state index is 11.5. The molecule has 0 N–H and O–H groups in total. The molecule has 32 heavy (non-hydrogen) atoms. The van der Waals surface area contributed by atoms with Crippen molar-refractivity contribution >= 4 is 29.1 Å². The molecule has 4 aromatic carbocycles. The fraction of sp³-hybridized carbons (Fsp3) is 0.107. The predicted molar refractivity (Wildman–Crippen MR) is 133 cm³/mol. The van der Waals surface area contributed by atoms with Crippen LogP contribution in [0.25, 0.3) is 0 Å². The molecular formula is C28H26O3P+. The van der Waals surface area contributed by atoms with Gasteiger partial charge in [0.25, 0.3) is 0 Å². The Balaban J connectivity index is 1.83. The van der Waals surface area contributed by atoms with E-state index in [9.17, 15) is 4.79 Å². The van der Waals surface area contributed by atoms with E-state index in [0.29, 0.717) is 5.75 Å². The number of esters is 1. The van der Waals surface area contributed by atoms with Crippen molar-refractivity contribution in [2.75, 3.05) is 13.7 Å². The maximum Gasteiger partial charge on any atom is 0.343 e. The molecule has 0 heterocycles. The van der Waals surface area contributed by atoms with Crippen LogP contribution in [0.15, 0.2) is 115 Å². The Morgan fingerprint density at radius 2 is 1.19 bits per heavy atom. The molecule has 0 spiro atoms. The van der Waals surface area contributed by atoms with Crippen LogP contribution in [0.2, 0.25) is 0 Å². The number of carbonyl (C=O) groups excluding carboxylic acids is 1. The van der Waals surface area contributed by atoms with Crippen molar-refractivity contribution in [3.05, 3.63) is 121 Å². The Morgan fingerprint density at radius 1 is 0.688 bits per heavy atom. The second-order valence-corrected chi connectivity index (χ2v) is 11.0. The minimum Gasteiger partial charge on any atom is -0.482 e. The van der Waals surface area contributed by atoms with Gasteiger partial charge in [-0.3, -0.25) is 0 Å². The number of methoxy groups -OCH3 is 1. The van der Waals surface area contributed by atoms with Gasteiger partial charge in [0.1, 0.15) is 28.9 Å². The molecule has 0 fully saturated rings. The third-order valence-electron chi connectivity index (χ3n) is 5.49. The quantitative estimate of drug-likeness (QED) is 0.293. The highest BCUT2D eigenvalue weighted by Gasteiger charge is 2.45. The zero-order valence-corrected chi connectivity index (χ0v) is 19.0. The Bertz CT molecular complexity index is 1050. The molecule has 0 aliphatic rings. The van der Waals surface area contributed by atoms with E-state index < -0.39 is 13.2 Å². The van der Waals surface area contributed by atoms with Gasteiger partial charge in [0.05, 0.1) is 13.3 Å². The summed E-state index contributed by atoms with van der Waals surface area (Å²) in [5, 5.41) is 4.00. The molecule has 0 radical (unpaired) electrons. The molecule has 4 aromatic rings. The molecule has 0 bridgehead atoms. The summed E-state index contributed by atoms with van der Waals surface area (Å²) < 4.78 is 10.4. The summed E-state index contributed by atoms with van der Waals surface area (Å²) in [4.78, 5) is 11.5. The molecule has 0 aliphatic carbocycles. The molecule has 4 rings (SSSR count). The highest BCUT2D eigenvalue weighted by Crippen LogP contribution is 2.58. The van der Waals surface area contributed by atoms with E-state index in [1.54, 1.807) is 0 Å². The summed E-state index contributed by atoms with van der Waals surface area (Å²) in [5.41, 5.74) is 1.16. The van der Waals surface area contributed by atoms with E-state index >= 15 is 0 Å². The molecule has 0 atom stereocenters. The smallest absolute Gasteiger partial charge is 0.343 e. The van der Waals surface area contributed by atoms with Crippen LogP contribution < -0.4 is 20.7 Å². The molecule has 4 heteroatoms. The van der Waals surface area contributed by atoms with E-state index in [1.165, 1.54) is 23.0 Å². The van der Waals surface area contributed by atoms with Gasteiger partial charge < -0.3 is 9.47 Å². The van der Waals surface area contributed by atoms with Crippen LogP contribution in [-0.2, 0) is 15.7 Å². The summed E-state index contributed by atoms with van der Waals surface area (Å²) in [6.45, 7) is -0.101. The lowest BCUT2D eigenvalue weighted by atomic mass is 10.2. The standard InChI is InChI=1S/C28H26O3P/c1-30-28(29)21-31-24-13-11-12-23(20-24)22-32(25-14-5-2-6-15-25,26-16-7-3-8-17-26)27-18-9-4-10-19-27/h2-20H,21-22H2,1H3/q+1. The first-order chi connectivity index (χ1) is 15.7. The Hall–Kier alpha value is -3.42. The van der Waals surface area contributed by atoms with Crippen molar-refractivity contribution in [3.63, 3.8) is 0 Å². The third-order valence-corrected chi connectivity index (χ3v) is 9.87. The predicted octanol–water partition coefficient (Wildman–Crippen LogP) is 4.73. The summed E-state index contributed by atoms with van der Waals surface area (Å²) in [5.74, 6) is 0.273. The van der Waals surface area contributed by atoms with Crippen molar-refractivity contribution in [3.8, 4) is 5.75 Å². The van der Waals surface area contributed by atoms with Gasteiger partial charge in [-0.05, 0) is 54.1 Å². The van der Waals surface area contributed by atoms with E-state index in [-0.39, 0.29) is 6.61 Å². The summed E-state index contributed by atoms with van der Waals surface area (Å²) in [6, 6.07) is 40.4. The molecule has 0 aliphatic heterocycles. The number of ether oxygens (including phenoxy) is 2. The lowest BCUT2D eigenvalue weighted by Gasteiger charge is -2.28. The fourth-order valence-electron chi connectivity index (χ4n) is 3.98. The number of benzene rings is 4. The van der Waals surface area contributed by atoms with Crippen LogP contribution in [0, 0.1) is 0 Å². The van der Waals surface area contributed by atoms with E-state index in [2.05, 4.69) is 97.1 Å². The zero-order valence-electron chi connectivity index (χ0n) is 18.1. The van der Waals surface area contributed by atoms with E-state index in [1.807, 2.05) is 18.2 Å². The molecule has 0 amide bonds. The zero-order chi connectivity index (χ0) is 22.2. The average molecular weight is 441 g/mol. The largest absolute Gasteiger partial charge is 0.482 e. The monoisotopic (exact) mass is 441 g/mol. The van der Waals surface area contributed by atoms with Crippen LogP contribution in [0.4, 0.5) is 0 Å². The van der Waals surface area contributed by atoms with Crippen molar-refractivity contribution in [2.24, 2.45) is 0 Å². The Kier molecular flexibility index (Phi) is 6.99. The van der Waals surface area contributed by atoms with Gasteiger partial charge >= 0.3 is 5.97 Å². The first-order valence-corrected chi connectivity index (χ1v) is 12.5. The fourth-order valence-corrected chi connectivity index (χ4v) is 8.21. The summed E-state index contributed by atoms with van der Waals surface area (Å²) >= 11 is 0. The Labute approximate surface area is 190 Å². The molecule has 0 aromatic heterocycles.